The first-order chi connectivity index (χ1) is 10.9. The van der Waals surface area contributed by atoms with E-state index in [-0.39, 0.29) is 16.7 Å². The number of nitriles is 1. The van der Waals surface area contributed by atoms with Gasteiger partial charge in [-0.05, 0) is 30.7 Å². The van der Waals surface area contributed by atoms with E-state index in [9.17, 15) is 13.2 Å². The second kappa shape index (κ2) is 7.11. The highest BCUT2D eigenvalue weighted by molar-refractivity contribution is 7.89. The van der Waals surface area contributed by atoms with Gasteiger partial charge in [-0.3, -0.25) is 4.79 Å². The lowest BCUT2D eigenvalue weighted by molar-refractivity contribution is -0.136. The Morgan fingerprint density at radius 3 is 2.26 bits per heavy atom. The molecule has 1 amide bonds. The van der Waals surface area contributed by atoms with Crippen LogP contribution in [-0.4, -0.2) is 49.7 Å². The van der Waals surface area contributed by atoms with E-state index in [1.165, 1.54) is 28.6 Å². The van der Waals surface area contributed by atoms with Crippen LogP contribution >= 0.6 is 0 Å². The smallest absolute Gasteiger partial charge is 0.243 e. The number of rotatable bonds is 4. The average molecular weight is 335 g/mol. The molecule has 0 bridgehead atoms. The van der Waals surface area contributed by atoms with E-state index in [1.54, 1.807) is 4.90 Å². The van der Waals surface area contributed by atoms with Crippen LogP contribution in [0.5, 0.6) is 0 Å². The van der Waals surface area contributed by atoms with E-state index in [2.05, 4.69) is 0 Å². The second-order valence-corrected chi connectivity index (χ2v) is 7.61. The minimum absolute atomic E-state index is 0.0308. The molecule has 1 fully saturated rings. The summed E-state index contributed by atoms with van der Waals surface area (Å²) in [4.78, 5) is 14.1. The predicted molar refractivity (Wildman–Crippen MR) is 86.0 cm³/mol. The van der Waals surface area contributed by atoms with Crippen LogP contribution in [0.15, 0.2) is 29.2 Å². The number of nitrogens with zero attached hydrogens (tertiary/aromatic N) is 3. The molecular weight excluding hydrogens is 314 g/mol. The summed E-state index contributed by atoms with van der Waals surface area (Å²) in [6, 6.07) is 7.86. The largest absolute Gasteiger partial charge is 0.340 e. The summed E-state index contributed by atoms with van der Waals surface area (Å²) < 4.78 is 26.6. The quantitative estimate of drug-likeness (QED) is 0.834. The second-order valence-electron chi connectivity index (χ2n) is 5.67. The Morgan fingerprint density at radius 2 is 1.78 bits per heavy atom. The Morgan fingerprint density at radius 1 is 1.22 bits per heavy atom. The third kappa shape index (κ3) is 3.71. The summed E-state index contributed by atoms with van der Waals surface area (Å²) in [5.41, 5.74) is 0.424. The fraction of sp³-hybridized carbons (Fsp3) is 0.500. The molecule has 2 rings (SSSR count). The van der Waals surface area contributed by atoms with E-state index in [0.29, 0.717) is 31.7 Å². The summed E-state index contributed by atoms with van der Waals surface area (Å²) in [5.74, 6) is 0.0552. The van der Waals surface area contributed by atoms with Crippen LogP contribution in [0.2, 0.25) is 0 Å². The Hall–Kier alpha value is -1.91. The van der Waals surface area contributed by atoms with Crippen LogP contribution in [-0.2, 0) is 14.8 Å². The third-order valence-corrected chi connectivity index (χ3v) is 6.12. The van der Waals surface area contributed by atoms with Crippen LogP contribution in [0.3, 0.4) is 0 Å². The predicted octanol–water partition coefficient (Wildman–Crippen LogP) is 1.44. The highest BCUT2D eigenvalue weighted by Crippen LogP contribution is 2.19. The molecule has 23 heavy (non-hydrogen) atoms. The number of sulfonamides is 1. The van der Waals surface area contributed by atoms with E-state index >= 15 is 0 Å². The number of benzene rings is 1. The lowest BCUT2D eigenvalue weighted by Crippen LogP contribution is -2.51. The standard InChI is InChI=1S/C16H21N3O3S/c1-3-13(2)16(20)18-8-10-19(11-9-18)23(21,22)15-6-4-14(12-17)5-7-15/h4-7,13H,3,8-11H2,1-2H3. The van der Waals surface area contributed by atoms with Gasteiger partial charge in [0.15, 0.2) is 0 Å². The van der Waals surface area contributed by atoms with E-state index < -0.39 is 10.0 Å². The zero-order valence-electron chi connectivity index (χ0n) is 13.4. The summed E-state index contributed by atoms with van der Waals surface area (Å²) in [5, 5.41) is 8.78. The number of carbonyl (C=O) groups is 1. The van der Waals surface area contributed by atoms with Gasteiger partial charge < -0.3 is 4.90 Å². The molecule has 124 valence electrons. The Bertz CT molecular complexity index is 699. The molecule has 7 heteroatoms. The summed E-state index contributed by atoms with van der Waals surface area (Å²) in [6.45, 7) is 5.28. The Kier molecular flexibility index (Phi) is 5.39. The molecule has 1 aliphatic rings. The van der Waals surface area contributed by atoms with Crippen molar-refractivity contribution in [2.24, 2.45) is 5.92 Å². The summed E-state index contributed by atoms with van der Waals surface area (Å²) >= 11 is 0. The zero-order valence-corrected chi connectivity index (χ0v) is 14.2. The molecule has 0 aromatic heterocycles. The fourth-order valence-corrected chi connectivity index (χ4v) is 3.91. The molecule has 1 heterocycles. The number of hydrogen-bond donors (Lipinski definition) is 0. The van der Waals surface area contributed by atoms with E-state index in [4.69, 9.17) is 5.26 Å². The van der Waals surface area contributed by atoms with Gasteiger partial charge in [-0.25, -0.2) is 8.42 Å². The van der Waals surface area contributed by atoms with Gasteiger partial charge in [0.25, 0.3) is 0 Å². The lowest BCUT2D eigenvalue weighted by atomic mass is 10.1. The molecular formula is C16H21N3O3S. The Labute approximate surface area is 137 Å². The number of piperazine rings is 1. The van der Waals surface area contributed by atoms with Crippen LogP contribution in [0, 0.1) is 17.2 Å². The van der Waals surface area contributed by atoms with Crippen molar-refractivity contribution in [2.75, 3.05) is 26.2 Å². The first-order valence-corrected chi connectivity index (χ1v) is 9.13. The molecule has 1 saturated heterocycles. The molecule has 1 aromatic rings. The van der Waals surface area contributed by atoms with Crippen molar-refractivity contribution in [3.63, 3.8) is 0 Å². The third-order valence-electron chi connectivity index (χ3n) is 4.21. The number of amides is 1. The van der Waals surface area contributed by atoms with Crippen molar-refractivity contribution in [3.05, 3.63) is 29.8 Å². The molecule has 1 unspecified atom stereocenters. The average Bonchev–Trinajstić information content (AvgIpc) is 2.60. The van der Waals surface area contributed by atoms with Crippen molar-refractivity contribution in [2.45, 2.75) is 25.2 Å². The van der Waals surface area contributed by atoms with Gasteiger partial charge in [0, 0.05) is 32.1 Å². The molecule has 0 radical (unpaired) electrons. The number of hydrogen-bond acceptors (Lipinski definition) is 4. The molecule has 6 nitrogen and oxygen atoms in total. The highest BCUT2D eigenvalue weighted by Gasteiger charge is 2.31. The van der Waals surface area contributed by atoms with Crippen molar-refractivity contribution < 1.29 is 13.2 Å². The van der Waals surface area contributed by atoms with E-state index in [1.807, 2.05) is 19.9 Å². The maximum atomic E-state index is 12.6. The van der Waals surface area contributed by atoms with Crippen molar-refractivity contribution >= 4 is 15.9 Å². The van der Waals surface area contributed by atoms with Gasteiger partial charge in [0.1, 0.15) is 0 Å². The van der Waals surface area contributed by atoms with Crippen molar-refractivity contribution in [3.8, 4) is 6.07 Å². The minimum Gasteiger partial charge on any atom is -0.340 e. The molecule has 1 aliphatic heterocycles. The van der Waals surface area contributed by atoms with Crippen LogP contribution < -0.4 is 0 Å². The topological polar surface area (TPSA) is 81.5 Å². The van der Waals surface area contributed by atoms with Gasteiger partial charge in [-0.15, -0.1) is 0 Å². The summed E-state index contributed by atoms with van der Waals surface area (Å²) in [7, 11) is -3.58. The lowest BCUT2D eigenvalue weighted by Gasteiger charge is -2.35. The van der Waals surface area contributed by atoms with Gasteiger partial charge in [0.05, 0.1) is 16.5 Å². The van der Waals surface area contributed by atoms with Crippen LogP contribution in [0.4, 0.5) is 0 Å². The summed E-state index contributed by atoms with van der Waals surface area (Å²) in [6.07, 6.45) is 0.780. The van der Waals surface area contributed by atoms with Gasteiger partial charge >= 0.3 is 0 Å². The van der Waals surface area contributed by atoms with Crippen LogP contribution in [0.25, 0.3) is 0 Å². The zero-order chi connectivity index (χ0) is 17.0. The first-order valence-electron chi connectivity index (χ1n) is 7.69. The Balaban J connectivity index is 2.06. The SMILES string of the molecule is CCC(C)C(=O)N1CCN(S(=O)(=O)c2ccc(C#N)cc2)CC1. The molecule has 0 saturated carbocycles. The fourth-order valence-electron chi connectivity index (χ4n) is 2.49. The highest BCUT2D eigenvalue weighted by atomic mass is 32.2. The monoisotopic (exact) mass is 335 g/mol. The molecule has 0 N–H and O–H groups in total. The molecule has 1 aromatic carbocycles. The number of carbonyl (C=O) groups excluding carboxylic acids is 1. The molecule has 1 atom stereocenters. The van der Waals surface area contributed by atoms with Gasteiger partial charge in [-0.1, -0.05) is 13.8 Å². The van der Waals surface area contributed by atoms with E-state index in [0.717, 1.165) is 6.42 Å². The molecule has 0 aliphatic carbocycles. The minimum atomic E-state index is -3.58. The normalized spacial score (nSPS) is 17.5. The van der Waals surface area contributed by atoms with Crippen LogP contribution in [0.1, 0.15) is 25.8 Å². The van der Waals surface area contributed by atoms with Crippen molar-refractivity contribution in [1.29, 1.82) is 5.26 Å². The molecule has 0 spiro atoms. The maximum Gasteiger partial charge on any atom is 0.243 e. The maximum absolute atomic E-state index is 12.6. The first kappa shape index (κ1) is 17.4. The van der Waals surface area contributed by atoms with Crippen molar-refractivity contribution in [1.82, 2.24) is 9.21 Å². The van der Waals surface area contributed by atoms with Gasteiger partial charge in [0.2, 0.25) is 15.9 Å². The van der Waals surface area contributed by atoms with Gasteiger partial charge in [-0.2, -0.15) is 9.57 Å².